The number of hydrogen-bond acceptors (Lipinski definition) is 3. The average molecular weight is 303 g/mol. The zero-order valence-corrected chi connectivity index (χ0v) is 14.9. The number of hydrogen-bond donors (Lipinski definition) is 3. The molecule has 2 unspecified atom stereocenters. The molecule has 0 aliphatic heterocycles. The fourth-order valence-electron chi connectivity index (χ4n) is 2.84. The van der Waals surface area contributed by atoms with Crippen molar-refractivity contribution >= 4 is 5.91 Å². The van der Waals surface area contributed by atoms with Crippen molar-refractivity contribution in [3.05, 3.63) is 0 Å². The molecular formula is C17H37NO3. The molecule has 0 bridgehead atoms. The highest BCUT2D eigenvalue weighted by Gasteiger charge is 2.31. The first-order chi connectivity index (χ1) is 10.0. The molecule has 0 aromatic carbocycles. The fraction of sp³-hybridized carbons (Fsp3) is 0.941. The van der Waals surface area contributed by atoms with Gasteiger partial charge in [0.25, 0.3) is 0 Å². The molecule has 0 radical (unpaired) electrons. The van der Waals surface area contributed by atoms with E-state index in [0.717, 1.165) is 19.3 Å². The van der Waals surface area contributed by atoms with Gasteiger partial charge in [0.1, 0.15) is 0 Å². The van der Waals surface area contributed by atoms with Crippen molar-refractivity contribution in [1.82, 2.24) is 5.32 Å². The second kappa shape index (κ2) is 14.3. The van der Waals surface area contributed by atoms with E-state index in [1.807, 2.05) is 27.7 Å². The Bertz CT molecular complexity index is 234. The van der Waals surface area contributed by atoms with Crippen molar-refractivity contribution < 1.29 is 15.0 Å². The first-order valence-corrected chi connectivity index (χ1v) is 8.60. The minimum atomic E-state index is -0.186. The molecule has 1 saturated carbocycles. The molecule has 4 heteroatoms. The van der Waals surface area contributed by atoms with Crippen LogP contribution in [0.3, 0.4) is 0 Å². The summed E-state index contributed by atoms with van der Waals surface area (Å²) < 4.78 is 0. The molecule has 0 aromatic heterocycles. The Morgan fingerprint density at radius 3 is 2.00 bits per heavy atom. The first-order valence-electron chi connectivity index (χ1n) is 8.60. The number of carbonyl (C=O) groups excluding carboxylic acids is 1. The molecule has 3 N–H and O–H groups in total. The first kappa shape index (κ1) is 22.7. The normalized spacial score (nSPS) is 27.6. The third kappa shape index (κ3) is 9.86. The third-order valence-corrected chi connectivity index (χ3v) is 3.79. The van der Waals surface area contributed by atoms with Crippen LogP contribution in [-0.4, -0.2) is 35.4 Å². The molecule has 128 valence electrons. The van der Waals surface area contributed by atoms with Gasteiger partial charge < -0.3 is 15.5 Å². The molecule has 1 fully saturated rings. The summed E-state index contributed by atoms with van der Waals surface area (Å²) in [5, 5.41) is 21.1. The standard InChI is InChI=1S/C13H25NO3.2C2H6/c1-9-7-11(8-10(2)13(9)17)3-4-12(16)14-5-6-15;2*1-2/h9-11,13,15,17H,3-8H2,1-2H3,(H,14,16);2*1-2H3. The molecule has 1 rings (SSSR count). The number of nitrogens with one attached hydrogen (secondary N) is 1. The minimum Gasteiger partial charge on any atom is -0.395 e. The van der Waals surface area contributed by atoms with Crippen LogP contribution in [-0.2, 0) is 4.79 Å². The lowest BCUT2D eigenvalue weighted by atomic mass is 9.73. The summed E-state index contributed by atoms with van der Waals surface area (Å²) in [6.07, 6.45) is 3.26. The molecule has 4 nitrogen and oxygen atoms in total. The summed E-state index contributed by atoms with van der Waals surface area (Å²) in [5.41, 5.74) is 0. The van der Waals surface area contributed by atoms with E-state index in [1.165, 1.54) is 0 Å². The molecule has 0 saturated heterocycles. The Morgan fingerprint density at radius 2 is 1.57 bits per heavy atom. The summed E-state index contributed by atoms with van der Waals surface area (Å²) in [5.74, 6) is 1.24. The van der Waals surface area contributed by atoms with Crippen LogP contribution >= 0.6 is 0 Å². The van der Waals surface area contributed by atoms with Crippen molar-refractivity contribution in [1.29, 1.82) is 0 Å². The summed E-state index contributed by atoms with van der Waals surface area (Å²) in [6, 6.07) is 0. The number of rotatable bonds is 5. The van der Waals surface area contributed by atoms with Crippen molar-refractivity contribution in [2.75, 3.05) is 13.2 Å². The maximum Gasteiger partial charge on any atom is 0.220 e. The van der Waals surface area contributed by atoms with Gasteiger partial charge in [0.15, 0.2) is 0 Å². The zero-order chi connectivity index (χ0) is 16.8. The maximum atomic E-state index is 11.4. The van der Waals surface area contributed by atoms with Gasteiger partial charge >= 0.3 is 0 Å². The van der Waals surface area contributed by atoms with E-state index in [2.05, 4.69) is 19.2 Å². The zero-order valence-electron chi connectivity index (χ0n) is 14.9. The smallest absolute Gasteiger partial charge is 0.220 e. The van der Waals surface area contributed by atoms with E-state index < -0.39 is 0 Å². The van der Waals surface area contributed by atoms with Gasteiger partial charge in [-0.15, -0.1) is 0 Å². The molecule has 0 heterocycles. The Labute approximate surface area is 131 Å². The Kier molecular flexibility index (Phi) is 15.5. The van der Waals surface area contributed by atoms with Crippen LogP contribution in [0.1, 0.15) is 67.2 Å². The summed E-state index contributed by atoms with van der Waals surface area (Å²) in [7, 11) is 0. The van der Waals surface area contributed by atoms with Gasteiger partial charge in [0, 0.05) is 13.0 Å². The summed E-state index contributed by atoms with van der Waals surface area (Å²) in [4.78, 5) is 11.4. The lowest BCUT2D eigenvalue weighted by Gasteiger charge is -2.36. The van der Waals surface area contributed by atoms with E-state index in [4.69, 9.17) is 5.11 Å². The van der Waals surface area contributed by atoms with Crippen molar-refractivity contribution in [3.8, 4) is 0 Å². The van der Waals surface area contributed by atoms with Crippen LogP contribution in [0.15, 0.2) is 0 Å². The van der Waals surface area contributed by atoms with Crippen molar-refractivity contribution in [2.45, 2.75) is 73.3 Å². The highest BCUT2D eigenvalue weighted by molar-refractivity contribution is 5.75. The minimum absolute atomic E-state index is 0.00453. The molecular weight excluding hydrogens is 266 g/mol. The SMILES string of the molecule is CC.CC.CC1CC(CCC(=O)NCCO)CC(C)C1O. The van der Waals surface area contributed by atoms with Gasteiger partial charge in [-0.2, -0.15) is 0 Å². The quantitative estimate of drug-likeness (QED) is 0.731. The molecule has 1 amide bonds. The predicted molar refractivity (Wildman–Crippen MR) is 89.1 cm³/mol. The molecule has 0 spiro atoms. The maximum absolute atomic E-state index is 11.4. The topological polar surface area (TPSA) is 69.6 Å². The van der Waals surface area contributed by atoms with Gasteiger partial charge in [0.2, 0.25) is 5.91 Å². The van der Waals surface area contributed by atoms with Crippen LogP contribution in [0.25, 0.3) is 0 Å². The second-order valence-corrected chi connectivity index (χ2v) is 5.39. The average Bonchev–Trinajstić information content (AvgIpc) is 2.52. The van der Waals surface area contributed by atoms with Gasteiger partial charge in [-0.3, -0.25) is 4.79 Å². The lowest BCUT2D eigenvalue weighted by molar-refractivity contribution is -0.121. The number of aliphatic hydroxyl groups is 2. The number of amides is 1. The van der Waals surface area contributed by atoms with Crippen molar-refractivity contribution in [2.24, 2.45) is 17.8 Å². The molecule has 0 aromatic rings. The summed E-state index contributed by atoms with van der Waals surface area (Å²) >= 11 is 0. The fourth-order valence-corrected chi connectivity index (χ4v) is 2.84. The lowest BCUT2D eigenvalue weighted by Crippen LogP contribution is -2.35. The van der Waals surface area contributed by atoms with Crippen LogP contribution in [0, 0.1) is 17.8 Å². The van der Waals surface area contributed by atoms with Crippen LogP contribution in [0.5, 0.6) is 0 Å². The Balaban J connectivity index is 0. The van der Waals surface area contributed by atoms with Gasteiger partial charge in [-0.1, -0.05) is 41.5 Å². The van der Waals surface area contributed by atoms with E-state index in [0.29, 0.717) is 30.7 Å². The Hall–Kier alpha value is -0.610. The largest absolute Gasteiger partial charge is 0.395 e. The monoisotopic (exact) mass is 303 g/mol. The van der Waals surface area contributed by atoms with Crippen LogP contribution in [0.4, 0.5) is 0 Å². The van der Waals surface area contributed by atoms with Gasteiger partial charge in [-0.05, 0) is 37.0 Å². The van der Waals surface area contributed by atoms with E-state index in [-0.39, 0.29) is 18.6 Å². The van der Waals surface area contributed by atoms with E-state index in [9.17, 15) is 9.90 Å². The second-order valence-electron chi connectivity index (χ2n) is 5.39. The Morgan fingerprint density at radius 1 is 1.10 bits per heavy atom. The van der Waals surface area contributed by atoms with E-state index in [1.54, 1.807) is 0 Å². The third-order valence-electron chi connectivity index (χ3n) is 3.79. The van der Waals surface area contributed by atoms with Crippen LogP contribution in [0.2, 0.25) is 0 Å². The predicted octanol–water partition coefficient (Wildman–Crippen LogP) is 2.97. The van der Waals surface area contributed by atoms with E-state index >= 15 is 0 Å². The summed E-state index contributed by atoms with van der Waals surface area (Å²) in [6.45, 7) is 12.5. The van der Waals surface area contributed by atoms with Gasteiger partial charge in [0.05, 0.1) is 12.7 Å². The van der Waals surface area contributed by atoms with Gasteiger partial charge in [-0.25, -0.2) is 0 Å². The van der Waals surface area contributed by atoms with Crippen LogP contribution < -0.4 is 5.32 Å². The molecule has 1 aliphatic carbocycles. The van der Waals surface area contributed by atoms with Crippen molar-refractivity contribution in [3.63, 3.8) is 0 Å². The number of aliphatic hydroxyl groups excluding tert-OH is 2. The number of carbonyl (C=O) groups is 1. The molecule has 1 aliphatic rings. The highest BCUT2D eigenvalue weighted by Crippen LogP contribution is 2.35. The molecule has 21 heavy (non-hydrogen) atoms. The molecule has 2 atom stereocenters. The highest BCUT2D eigenvalue weighted by atomic mass is 16.3.